The van der Waals surface area contributed by atoms with Crippen LogP contribution in [-0.4, -0.2) is 50.6 Å². The number of rotatable bonds is 20. The Labute approximate surface area is 343 Å². The molecule has 0 unspecified atom stereocenters. The van der Waals surface area contributed by atoms with E-state index < -0.39 is 18.0 Å². The van der Waals surface area contributed by atoms with Gasteiger partial charge in [0.05, 0.1) is 19.6 Å². The molecule has 2 aliphatic carbocycles. The Kier molecular flexibility index (Phi) is 15.5. The Bertz CT molecular complexity index is 1960. The van der Waals surface area contributed by atoms with Gasteiger partial charge in [-0.3, -0.25) is 4.79 Å². The second-order valence-electron chi connectivity index (χ2n) is 16.0. The number of fused-ring (bicyclic) bond motifs is 3. The quantitative estimate of drug-likeness (QED) is 0.0491. The van der Waals surface area contributed by atoms with Crippen LogP contribution < -0.4 is 9.47 Å². The molecular formula is C49H60O9. The van der Waals surface area contributed by atoms with Gasteiger partial charge in [0.2, 0.25) is 0 Å². The minimum Gasteiger partial charge on any atom is -0.497 e. The van der Waals surface area contributed by atoms with Gasteiger partial charge in [-0.25, -0.2) is 9.59 Å². The van der Waals surface area contributed by atoms with Crippen molar-refractivity contribution in [2.45, 2.75) is 116 Å². The molecule has 310 valence electrons. The van der Waals surface area contributed by atoms with E-state index in [1.807, 2.05) is 79.7 Å². The van der Waals surface area contributed by atoms with Gasteiger partial charge in [0.15, 0.2) is 6.61 Å². The van der Waals surface area contributed by atoms with Crippen molar-refractivity contribution in [3.05, 3.63) is 107 Å². The molecule has 58 heavy (non-hydrogen) atoms. The van der Waals surface area contributed by atoms with Crippen molar-refractivity contribution < 1.29 is 42.8 Å². The van der Waals surface area contributed by atoms with Gasteiger partial charge < -0.3 is 28.4 Å². The molecular weight excluding hydrogens is 733 g/mol. The highest BCUT2D eigenvalue weighted by atomic mass is 16.7. The molecule has 2 aliphatic rings. The first-order chi connectivity index (χ1) is 28.3. The van der Waals surface area contributed by atoms with E-state index in [4.69, 9.17) is 28.4 Å². The summed E-state index contributed by atoms with van der Waals surface area (Å²) in [5.41, 5.74) is 4.10. The van der Waals surface area contributed by atoms with Crippen LogP contribution in [0.1, 0.15) is 107 Å². The van der Waals surface area contributed by atoms with Crippen LogP contribution in [0.5, 0.6) is 11.5 Å². The second-order valence-corrected chi connectivity index (χ2v) is 16.0. The average molecular weight is 793 g/mol. The number of carbonyl (C=O) groups is 3. The molecule has 1 saturated carbocycles. The summed E-state index contributed by atoms with van der Waals surface area (Å²) in [7, 11) is 1.65. The van der Waals surface area contributed by atoms with Gasteiger partial charge in [-0.1, -0.05) is 99.8 Å². The third-order valence-corrected chi connectivity index (χ3v) is 12.0. The molecule has 4 aromatic carbocycles. The minimum atomic E-state index is -0.604. The van der Waals surface area contributed by atoms with E-state index in [9.17, 15) is 14.4 Å². The van der Waals surface area contributed by atoms with Crippen LogP contribution in [0.4, 0.5) is 4.79 Å². The fourth-order valence-corrected chi connectivity index (χ4v) is 8.72. The fraction of sp³-hybridized carbons (Fsp3) is 0.490. The fourth-order valence-electron chi connectivity index (χ4n) is 8.72. The standard InChI is InChI=1S/C49H60O9/c1-5-7-10-17-40(57-49(52)54-25-8-6-2)23-24-42-43-28-38-16-13-18-45(55-32-47(50)56-31-34-14-11-9-12-15-34)44(38)29-39(43)30-46(42)58-48(51)33(3)35-19-20-37-27-41(53-4)22-21-36(37)26-35/h9,11-16,18-22,26-27,33,39-40,42-43,46H,5-8,10,17,23-25,28-32H2,1-4H3/t33-,39-,40-,42+,43-,46+/m0/s1. The van der Waals surface area contributed by atoms with E-state index in [1.165, 1.54) is 5.56 Å². The van der Waals surface area contributed by atoms with Gasteiger partial charge in [0.25, 0.3) is 0 Å². The highest BCUT2D eigenvalue weighted by molar-refractivity contribution is 5.87. The van der Waals surface area contributed by atoms with E-state index in [-0.39, 0.29) is 49.1 Å². The first kappa shape index (κ1) is 42.6. The molecule has 9 heteroatoms. The Morgan fingerprint density at radius 3 is 2.40 bits per heavy atom. The van der Waals surface area contributed by atoms with Crippen LogP contribution in [0, 0.1) is 17.8 Å². The zero-order chi connectivity index (χ0) is 40.9. The molecule has 6 rings (SSSR count). The third kappa shape index (κ3) is 11.3. The summed E-state index contributed by atoms with van der Waals surface area (Å²) >= 11 is 0. The topological polar surface area (TPSA) is 107 Å². The lowest BCUT2D eigenvalue weighted by Crippen LogP contribution is -2.31. The Balaban J connectivity index is 1.17. The van der Waals surface area contributed by atoms with Crippen LogP contribution >= 0.6 is 0 Å². The van der Waals surface area contributed by atoms with Crippen LogP contribution in [0.25, 0.3) is 10.8 Å². The van der Waals surface area contributed by atoms with Crippen molar-refractivity contribution >= 4 is 28.9 Å². The molecule has 0 heterocycles. The summed E-state index contributed by atoms with van der Waals surface area (Å²) in [6, 6.07) is 27.6. The summed E-state index contributed by atoms with van der Waals surface area (Å²) in [5, 5.41) is 2.07. The van der Waals surface area contributed by atoms with Gasteiger partial charge in [-0.2, -0.15) is 0 Å². The molecule has 0 radical (unpaired) electrons. The first-order valence-corrected chi connectivity index (χ1v) is 21.3. The van der Waals surface area contributed by atoms with Crippen molar-refractivity contribution in [1.82, 2.24) is 0 Å². The smallest absolute Gasteiger partial charge is 0.497 e. The van der Waals surface area contributed by atoms with Crippen LogP contribution in [-0.2, 0) is 48.0 Å². The van der Waals surface area contributed by atoms with Gasteiger partial charge >= 0.3 is 18.1 Å². The zero-order valence-corrected chi connectivity index (χ0v) is 34.6. The van der Waals surface area contributed by atoms with E-state index in [0.29, 0.717) is 18.8 Å². The maximum atomic E-state index is 14.0. The highest BCUT2D eigenvalue weighted by Crippen LogP contribution is 2.50. The highest BCUT2D eigenvalue weighted by Gasteiger charge is 2.47. The average Bonchev–Trinajstić information content (AvgIpc) is 3.57. The molecule has 1 fully saturated rings. The van der Waals surface area contributed by atoms with Gasteiger partial charge in [-0.15, -0.1) is 0 Å². The van der Waals surface area contributed by atoms with E-state index >= 15 is 0 Å². The number of esters is 2. The monoisotopic (exact) mass is 792 g/mol. The van der Waals surface area contributed by atoms with Gasteiger partial charge in [0.1, 0.15) is 30.3 Å². The summed E-state index contributed by atoms with van der Waals surface area (Å²) in [6.07, 6.45) is 8.12. The Morgan fingerprint density at radius 1 is 0.810 bits per heavy atom. The Morgan fingerprint density at radius 2 is 1.60 bits per heavy atom. The lowest BCUT2D eigenvalue weighted by atomic mass is 9.73. The molecule has 0 amide bonds. The number of methoxy groups -OCH3 is 1. The van der Waals surface area contributed by atoms with Gasteiger partial charge in [-0.05, 0) is 127 Å². The number of benzene rings is 4. The molecule has 0 saturated heterocycles. The molecule has 0 bridgehead atoms. The zero-order valence-electron chi connectivity index (χ0n) is 34.6. The molecule has 4 aromatic rings. The lowest BCUT2D eigenvalue weighted by Gasteiger charge is -2.33. The number of carbonyl (C=O) groups excluding carboxylic acids is 3. The van der Waals surface area contributed by atoms with Crippen LogP contribution in [0.15, 0.2) is 84.9 Å². The minimum absolute atomic E-state index is 0.0734. The van der Waals surface area contributed by atoms with E-state index in [2.05, 4.69) is 26.0 Å². The number of hydrogen-bond acceptors (Lipinski definition) is 9. The maximum Gasteiger partial charge on any atom is 0.508 e. The van der Waals surface area contributed by atoms with Crippen molar-refractivity contribution in [2.24, 2.45) is 17.8 Å². The number of unbranched alkanes of at least 4 members (excludes halogenated alkanes) is 3. The summed E-state index contributed by atoms with van der Waals surface area (Å²) in [6.45, 7) is 6.50. The second kappa shape index (κ2) is 21.1. The lowest BCUT2D eigenvalue weighted by molar-refractivity contribution is -0.153. The van der Waals surface area contributed by atoms with Crippen molar-refractivity contribution in [2.75, 3.05) is 20.3 Å². The predicted molar refractivity (Wildman–Crippen MR) is 224 cm³/mol. The predicted octanol–water partition coefficient (Wildman–Crippen LogP) is 10.7. The molecule has 9 nitrogen and oxygen atoms in total. The van der Waals surface area contributed by atoms with Gasteiger partial charge in [0, 0.05) is 0 Å². The van der Waals surface area contributed by atoms with Crippen molar-refractivity contribution in [1.29, 1.82) is 0 Å². The normalized spacial score (nSPS) is 19.3. The number of ether oxygens (including phenoxy) is 6. The maximum absolute atomic E-state index is 14.0. The third-order valence-electron chi connectivity index (χ3n) is 12.0. The largest absolute Gasteiger partial charge is 0.508 e. The molecule has 0 aliphatic heterocycles. The van der Waals surface area contributed by atoms with Crippen molar-refractivity contribution in [3.63, 3.8) is 0 Å². The summed E-state index contributed by atoms with van der Waals surface area (Å²) in [4.78, 5) is 39.4. The van der Waals surface area contributed by atoms with Crippen LogP contribution in [0.2, 0.25) is 0 Å². The van der Waals surface area contributed by atoms with Crippen LogP contribution in [0.3, 0.4) is 0 Å². The van der Waals surface area contributed by atoms with Crippen molar-refractivity contribution in [3.8, 4) is 11.5 Å². The summed E-state index contributed by atoms with van der Waals surface area (Å²) in [5.74, 6) is 0.930. The first-order valence-electron chi connectivity index (χ1n) is 21.3. The molecule has 0 N–H and O–H groups in total. The number of hydrogen-bond donors (Lipinski definition) is 0. The van der Waals surface area contributed by atoms with E-state index in [0.717, 1.165) is 97.4 Å². The summed E-state index contributed by atoms with van der Waals surface area (Å²) < 4.78 is 34.9. The molecule has 0 aromatic heterocycles. The molecule has 0 spiro atoms. The Hall–Kier alpha value is -5.05. The van der Waals surface area contributed by atoms with E-state index in [1.54, 1.807) is 7.11 Å². The molecule has 6 atom stereocenters. The SMILES string of the molecule is CCCCC[C@@H](CC[C@@H]1[C@H]2Cc3cccc(OCC(=O)OCc4ccccc4)c3C[C@H]2C[C@H]1OC(=O)[C@@H](C)c1ccc2cc(OC)ccc2c1)OC(=O)OCCCC.